The molecule has 0 fully saturated rings. The van der Waals surface area contributed by atoms with Crippen LogP contribution in [0.3, 0.4) is 0 Å². The molecule has 0 aliphatic carbocycles. The topological polar surface area (TPSA) is 54.0 Å². The Balaban J connectivity index is 2.72. The highest BCUT2D eigenvalue weighted by molar-refractivity contribution is 5.99. The number of hydrogen-bond donors (Lipinski definition) is 2. The van der Waals surface area contributed by atoms with Crippen LogP contribution in [0.2, 0.25) is 0 Å². The van der Waals surface area contributed by atoms with Gasteiger partial charge in [0.15, 0.2) is 0 Å². The minimum atomic E-state index is -4.30. The van der Waals surface area contributed by atoms with Gasteiger partial charge in [-0.1, -0.05) is 6.92 Å². The molecule has 0 saturated carbocycles. The van der Waals surface area contributed by atoms with E-state index in [2.05, 4.69) is 15.6 Å². The summed E-state index contributed by atoms with van der Waals surface area (Å²) in [5, 5.41) is 5.36. The lowest BCUT2D eigenvalue weighted by Crippen LogP contribution is -2.36. The summed E-state index contributed by atoms with van der Waals surface area (Å²) in [5.41, 5.74) is 0.813. The first-order chi connectivity index (χ1) is 9.33. The third kappa shape index (κ3) is 5.46. The van der Waals surface area contributed by atoms with Gasteiger partial charge in [-0.25, -0.2) is 0 Å². The molecule has 0 bridgehead atoms. The number of alkyl halides is 3. The maximum absolute atomic E-state index is 12.2. The smallest absolute Gasteiger partial charge is 0.383 e. The van der Waals surface area contributed by atoms with Gasteiger partial charge in [0.1, 0.15) is 0 Å². The number of rotatable bonds is 6. The summed E-state index contributed by atoms with van der Waals surface area (Å²) in [7, 11) is 0. The van der Waals surface area contributed by atoms with Crippen molar-refractivity contribution >= 4 is 11.6 Å². The van der Waals surface area contributed by atoms with Crippen LogP contribution < -0.4 is 10.6 Å². The quantitative estimate of drug-likeness (QED) is 0.846. The van der Waals surface area contributed by atoms with E-state index in [0.717, 1.165) is 6.42 Å². The van der Waals surface area contributed by atoms with Gasteiger partial charge in [-0.2, -0.15) is 13.2 Å². The third-order valence-corrected chi connectivity index (χ3v) is 2.55. The summed E-state index contributed by atoms with van der Waals surface area (Å²) in [5.74, 6) is -0.539. The second kappa shape index (κ2) is 7.12. The summed E-state index contributed by atoms with van der Waals surface area (Å²) in [6.45, 7) is 3.95. The van der Waals surface area contributed by atoms with Crippen LogP contribution in [-0.4, -0.2) is 29.7 Å². The largest absolute Gasteiger partial charge is 0.391 e. The molecule has 0 aliphatic rings. The monoisotopic (exact) mass is 289 g/mol. The second-order valence-corrected chi connectivity index (χ2v) is 4.54. The van der Waals surface area contributed by atoms with Gasteiger partial charge in [0.05, 0.1) is 23.9 Å². The number of hydrogen-bond acceptors (Lipinski definition) is 3. The highest BCUT2D eigenvalue weighted by atomic mass is 19.4. The number of anilines is 1. The van der Waals surface area contributed by atoms with Crippen molar-refractivity contribution < 1.29 is 18.0 Å². The van der Waals surface area contributed by atoms with Crippen molar-refractivity contribution in [3.05, 3.63) is 24.0 Å². The Hall–Kier alpha value is -1.79. The predicted octanol–water partition coefficient (Wildman–Crippen LogP) is 2.97. The number of carbonyl (C=O) groups excluding carboxylic acids is 1. The van der Waals surface area contributed by atoms with Gasteiger partial charge in [-0.15, -0.1) is 0 Å². The fourth-order valence-electron chi connectivity index (χ4n) is 1.69. The first-order valence-electron chi connectivity index (χ1n) is 6.39. The Morgan fingerprint density at radius 2 is 2.15 bits per heavy atom. The van der Waals surface area contributed by atoms with E-state index in [1.165, 1.54) is 25.4 Å². The molecule has 0 spiro atoms. The molecule has 1 aromatic rings. The van der Waals surface area contributed by atoms with E-state index in [0.29, 0.717) is 17.8 Å². The van der Waals surface area contributed by atoms with Gasteiger partial charge in [0.2, 0.25) is 0 Å². The molecule has 0 aromatic carbocycles. The first-order valence-corrected chi connectivity index (χ1v) is 6.39. The van der Waals surface area contributed by atoms with E-state index in [1.807, 2.05) is 6.92 Å². The Morgan fingerprint density at radius 1 is 1.45 bits per heavy atom. The number of amides is 1. The molecule has 1 amide bonds. The molecule has 0 aliphatic heterocycles. The van der Waals surface area contributed by atoms with Crippen LogP contribution in [0.4, 0.5) is 18.9 Å². The van der Waals surface area contributed by atoms with E-state index in [4.69, 9.17) is 0 Å². The van der Waals surface area contributed by atoms with Crippen LogP contribution in [-0.2, 0) is 0 Å². The molecule has 1 atom stereocenters. The lowest BCUT2D eigenvalue weighted by Gasteiger charge is -2.17. The van der Waals surface area contributed by atoms with Gasteiger partial charge in [0, 0.05) is 18.8 Å². The highest BCUT2D eigenvalue weighted by Crippen LogP contribution is 2.22. The summed E-state index contributed by atoms with van der Waals surface area (Å²) in [6, 6.07) is 0.503. The average Bonchev–Trinajstić information content (AvgIpc) is 2.34. The molecule has 20 heavy (non-hydrogen) atoms. The molecule has 2 N–H and O–H groups in total. The summed E-state index contributed by atoms with van der Waals surface area (Å²) in [6.07, 6.45) is -1.57. The summed E-state index contributed by atoms with van der Waals surface area (Å²) < 4.78 is 36.7. The molecule has 0 saturated heterocycles. The SMILES string of the molecule is CCCNc1cnccc1C(=O)NC(C)CC(F)(F)F. The number of nitrogens with zero attached hydrogens (tertiary/aromatic N) is 1. The van der Waals surface area contributed by atoms with E-state index < -0.39 is 24.5 Å². The molecule has 1 aromatic heterocycles. The van der Waals surface area contributed by atoms with Crippen molar-refractivity contribution in [3.8, 4) is 0 Å². The van der Waals surface area contributed by atoms with E-state index >= 15 is 0 Å². The van der Waals surface area contributed by atoms with E-state index in [9.17, 15) is 18.0 Å². The number of nitrogens with one attached hydrogen (secondary N) is 2. The van der Waals surface area contributed by atoms with Crippen LogP contribution in [0.5, 0.6) is 0 Å². The van der Waals surface area contributed by atoms with Crippen LogP contribution >= 0.6 is 0 Å². The summed E-state index contributed by atoms with van der Waals surface area (Å²) in [4.78, 5) is 15.9. The van der Waals surface area contributed by atoms with Crippen LogP contribution in [0.15, 0.2) is 18.5 Å². The van der Waals surface area contributed by atoms with Crippen molar-refractivity contribution in [1.82, 2.24) is 10.3 Å². The number of pyridine rings is 1. The lowest BCUT2D eigenvalue weighted by molar-refractivity contribution is -0.138. The first kappa shape index (κ1) is 16.3. The molecule has 1 heterocycles. The van der Waals surface area contributed by atoms with Gasteiger partial charge in [-0.3, -0.25) is 9.78 Å². The van der Waals surface area contributed by atoms with Crippen LogP contribution in [0.1, 0.15) is 37.0 Å². The molecular weight excluding hydrogens is 271 g/mol. The highest BCUT2D eigenvalue weighted by Gasteiger charge is 2.30. The van der Waals surface area contributed by atoms with Gasteiger partial charge in [-0.05, 0) is 19.4 Å². The average molecular weight is 289 g/mol. The van der Waals surface area contributed by atoms with Crippen molar-refractivity contribution in [2.24, 2.45) is 0 Å². The van der Waals surface area contributed by atoms with E-state index in [-0.39, 0.29) is 0 Å². The summed E-state index contributed by atoms with van der Waals surface area (Å²) >= 11 is 0. The Labute approximate surface area is 115 Å². The number of carbonyl (C=O) groups is 1. The van der Waals surface area contributed by atoms with Gasteiger partial charge >= 0.3 is 6.18 Å². The molecule has 4 nitrogen and oxygen atoms in total. The Kier molecular flexibility index (Phi) is 5.79. The van der Waals surface area contributed by atoms with Crippen molar-refractivity contribution in [2.45, 2.75) is 38.9 Å². The van der Waals surface area contributed by atoms with Crippen molar-refractivity contribution in [3.63, 3.8) is 0 Å². The van der Waals surface area contributed by atoms with E-state index in [1.54, 1.807) is 0 Å². The minimum Gasteiger partial charge on any atom is -0.383 e. The molecular formula is C13H18F3N3O. The minimum absolute atomic E-state index is 0.294. The Morgan fingerprint density at radius 3 is 2.75 bits per heavy atom. The molecule has 1 unspecified atom stereocenters. The lowest BCUT2D eigenvalue weighted by atomic mass is 10.1. The number of halogens is 3. The number of aromatic nitrogens is 1. The second-order valence-electron chi connectivity index (χ2n) is 4.54. The van der Waals surface area contributed by atoms with Crippen LogP contribution in [0.25, 0.3) is 0 Å². The predicted molar refractivity (Wildman–Crippen MR) is 70.6 cm³/mol. The zero-order chi connectivity index (χ0) is 15.2. The third-order valence-electron chi connectivity index (χ3n) is 2.55. The van der Waals surface area contributed by atoms with Crippen molar-refractivity contribution in [2.75, 3.05) is 11.9 Å². The van der Waals surface area contributed by atoms with Crippen molar-refractivity contribution in [1.29, 1.82) is 0 Å². The zero-order valence-electron chi connectivity index (χ0n) is 11.4. The van der Waals surface area contributed by atoms with Gasteiger partial charge < -0.3 is 10.6 Å². The maximum atomic E-state index is 12.2. The van der Waals surface area contributed by atoms with Gasteiger partial charge in [0.25, 0.3) is 5.91 Å². The normalized spacial score (nSPS) is 12.8. The maximum Gasteiger partial charge on any atom is 0.391 e. The molecule has 0 radical (unpaired) electrons. The fourth-order valence-corrected chi connectivity index (χ4v) is 1.69. The molecule has 112 valence electrons. The van der Waals surface area contributed by atoms with Crippen LogP contribution in [0, 0.1) is 0 Å². The molecule has 7 heteroatoms. The standard InChI is InChI=1S/C13H18F3N3O/c1-3-5-18-11-8-17-6-4-10(11)12(20)19-9(2)7-13(14,15)16/h4,6,8-9,18H,3,5,7H2,1-2H3,(H,19,20). The fraction of sp³-hybridized carbons (Fsp3) is 0.538. The zero-order valence-corrected chi connectivity index (χ0v) is 11.4. The molecule has 1 rings (SSSR count). The Bertz CT molecular complexity index is 449.